The monoisotopic (exact) mass is 262 g/mol. The van der Waals surface area contributed by atoms with Crippen molar-refractivity contribution in [2.75, 3.05) is 6.79 Å². The first-order valence-electron chi connectivity index (χ1n) is 6.58. The fraction of sp³-hybridized carbons (Fsp3) is 0.571. The molecule has 3 rings (SSSR count). The Kier molecular flexibility index (Phi) is 2.89. The van der Waals surface area contributed by atoms with Crippen molar-refractivity contribution in [1.29, 1.82) is 0 Å². The zero-order chi connectivity index (χ0) is 13.7. The van der Waals surface area contributed by atoms with Crippen LogP contribution in [-0.2, 0) is 20.7 Å². The summed E-state index contributed by atoms with van der Waals surface area (Å²) < 4.78 is 22.8. The molecule has 1 saturated heterocycles. The Morgan fingerprint density at radius 2 is 1.74 bits per heavy atom. The normalized spacial score (nSPS) is 23.9. The van der Waals surface area contributed by atoms with Crippen LogP contribution in [0.3, 0.4) is 0 Å². The molecule has 0 N–H and O–H groups in total. The van der Waals surface area contributed by atoms with Gasteiger partial charge in [0.2, 0.25) is 0 Å². The van der Waals surface area contributed by atoms with Gasteiger partial charge < -0.3 is 18.8 Å². The predicted octanol–water partition coefficient (Wildman–Crippen LogP) is 1.85. The van der Waals surface area contributed by atoms with Gasteiger partial charge >= 0.3 is 7.12 Å². The van der Waals surface area contributed by atoms with Crippen LogP contribution in [0.1, 0.15) is 33.3 Å². The van der Waals surface area contributed by atoms with Gasteiger partial charge in [-0.15, -0.1) is 0 Å². The van der Waals surface area contributed by atoms with Gasteiger partial charge in [-0.3, -0.25) is 0 Å². The summed E-state index contributed by atoms with van der Waals surface area (Å²) in [6, 6.07) is 6.01. The van der Waals surface area contributed by atoms with E-state index in [1.165, 1.54) is 0 Å². The molecular formula is C14H19BO4. The molecule has 102 valence electrons. The molecule has 1 aromatic rings. The van der Waals surface area contributed by atoms with Crippen LogP contribution in [-0.4, -0.2) is 25.1 Å². The van der Waals surface area contributed by atoms with Crippen molar-refractivity contribution in [2.24, 2.45) is 0 Å². The molecule has 1 aromatic carbocycles. The number of ether oxygens (including phenoxy) is 2. The molecule has 0 atom stereocenters. The molecule has 0 amide bonds. The summed E-state index contributed by atoms with van der Waals surface area (Å²) in [6.07, 6.45) is 0. The lowest BCUT2D eigenvalue weighted by Gasteiger charge is -2.32. The van der Waals surface area contributed by atoms with Crippen molar-refractivity contribution in [1.82, 2.24) is 0 Å². The lowest BCUT2D eigenvalue weighted by Crippen LogP contribution is -2.41. The average molecular weight is 262 g/mol. The molecule has 0 aliphatic carbocycles. The molecule has 0 unspecified atom stereocenters. The van der Waals surface area contributed by atoms with Gasteiger partial charge in [0, 0.05) is 5.56 Å². The second-order valence-corrected chi connectivity index (χ2v) is 6.07. The van der Waals surface area contributed by atoms with E-state index < -0.39 is 0 Å². The summed E-state index contributed by atoms with van der Waals surface area (Å²) >= 11 is 0. The largest absolute Gasteiger partial charge is 0.494 e. The fourth-order valence-corrected chi connectivity index (χ4v) is 2.21. The van der Waals surface area contributed by atoms with Crippen molar-refractivity contribution in [3.8, 4) is 5.75 Å². The van der Waals surface area contributed by atoms with E-state index in [0.717, 1.165) is 16.8 Å². The summed E-state index contributed by atoms with van der Waals surface area (Å²) in [5.74, 6) is 0.860. The van der Waals surface area contributed by atoms with Crippen molar-refractivity contribution in [3.05, 3.63) is 23.8 Å². The SMILES string of the molecule is CC1(C)OB(c2ccc3c(c2)OCOC3)OC1(C)C. The van der Waals surface area contributed by atoms with Crippen LogP contribution in [0.4, 0.5) is 0 Å². The molecule has 0 saturated carbocycles. The minimum Gasteiger partial charge on any atom is -0.467 e. The second-order valence-electron chi connectivity index (χ2n) is 6.07. The topological polar surface area (TPSA) is 36.9 Å². The maximum Gasteiger partial charge on any atom is 0.494 e. The molecule has 2 aliphatic heterocycles. The number of rotatable bonds is 1. The molecule has 4 nitrogen and oxygen atoms in total. The number of fused-ring (bicyclic) bond motifs is 1. The van der Waals surface area contributed by atoms with Gasteiger partial charge in [0.05, 0.1) is 17.8 Å². The van der Waals surface area contributed by atoms with Crippen molar-refractivity contribution in [3.63, 3.8) is 0 Å². The lowest BCUT2D eigenvalue weighted by molar-refractivity contribution is -0.0163. The highest BCUT2D eigenvalue weighted by Crippen LogP contribution is 2.36. The highest BCUT2D eigenvalue weighted by Gasteiger charge is 2.51. The van der Waals surface area contributed by atoms with Crippen LogP contribution in [0, 0.1) is 0 Å². The Bertz CT molecular complexity index is 482. The molecule has 5 heteroatoms. The number of hydrogen-bond acceptors (Lipinski definition) is 4. The van der Waals surface area contributed by atoms with E-state index in [9.17, 15) is 0 Å². The summed E-state index contributed by atoms with van der Waals surface area (Å²) in [5, 5.41) is 0. The lowest BCUT2D eigenvalue weighted by atomic mass is 9.78. The first-order valence-corrected chi connectivity index (χ1v) is 6.58. The van der Waals surface area contributed by atoms with E-state index in [1.54, 1.807) is 0 Å². The van der Waals surface area contributed by atoms with Crippen molar-refractivity contribution >= 4 is 12.6 Å². The molecule has 2 heterocycles. The minimum atomic E-state index is -0.346. The van der Waals surface area contributed by atoms with E-state index in [4.69, 9.17) is 18.8 Å². The molecule has 1 fully saturated rings. The zero-order valence-corrected chi connectivity index (χ0v) is 11.9. The fourth-order valence-electron chi connectivity index (χ4n) is 2.21. The van der Waals surface area contributed by atoms with Gasteiger partial charge in [0.15, 0.2) is 6.79 Å². The van der Waals surface area contributed by atoms with Crippen LogP contribution in [0.25, 0.3) is 0 Å². The summed E-state index contributed by atoms with van der Waals surface area (Å²) in [6.45, 7) is 9.11. The Hall–Kier alpha value is -1.04. The number of benzene rings is 1. The Balaban J connectivity index is 1.88. The van der Waals surface area contributed by atoms with Crippen molar-refractivity contribution < 1.29 is 18.8 Å². The molecular weight excluding hydrogens is 243 g/mol. The van der Waals surface area contributed by atoms with Crippen LogP contribution >= 0.6 is 0 Å². The average Bonchev–Trinajstić information content (AvgIpc) is 2.58. The van der Waals surface area contributed by atoms with Gasteiger partial charge in [-0.05, 0) is 39.2 Å². The standard InChI is InChI=1S/C14H19BO4/c1-13(2)14(3,4)19-15(18-13)11-6-5-10-8-16-9-17-12(10)7-11/h5-7H,8-9H2,1-4H3. The van der Waals surface area contributed by atoms with Gasteiger partial charge in [0.25, 0.3) is 0 Å². The van der Waals surface area contributed by atoms with Crippen LogP contribution < -0.4 is 10.2 Å². The van der Waals surface area contributed by atoms with E-state index in [1.807, 2.05) is 18.2 Å². The first kappa shape index (κ1) is 13.0. The molecule has 2 aliphatic rings. The number of hydrogen-bond donors (Lipinski definition) is 0. The first-order chi connectivity index (χ1) is 8.89. The molecule has 0 radical (unpaired) electrons. The maximum atomic E-state index is 6.03. The Morgan fingerprint density at radius 1 is 1.05 bits per heavy atom. The third-order valence-corrected chi connectivity index (χ3v) is 4.17. The van der Waals surface area contributed by atoms with E-state index in [2.05, 4.69) is 27.7 Å². The predicted molar refractivity (Wildman–Crippen MR) is 72.4 cm³/mol. The maximum absolute atomic E-state index is 6.03. The van der Waals surface area contributed by atoms with Crippen molar-refractivity contribution in [2.45, 2.75) is 45.5 Å². The minimum absolute atomic E-state index is 0.305. The summed E-state index contributed by atoms with van der Waals surface area (Å²) in [4.78, 5) is 0. The van der Waals surface area contributed by atoms with Crippen LogP contribution in [0.15, 0.2) is 18.2 Å². The summed E-state index contributed by atoms with van der Waals surface area (Å²) in [5.41, 5.74) is 1.40. The Morgan fingerprint density at radius 3 is 2.42 bits per heavy atom. The highest BCUT2D eigenvalue weighted by molar-refractivity contribution is 6.62. The van der Waals surface area contributed by atoms with E-state index in [-0.39, 0.29) is 18.3 Å². The van der Waals surface area contributed by atoms with Gasteiger partial charge in [-0.1, -0.05) is 12.1 Å². The van der Waals surface area contributed by atoms with Crippen LogP contribution in [0.5, 0.6) is 5.75 Å². The molecule has 0 aromatic heterocycles. The highest BCUT2D eigenvalue weighted by atomic mass is 16.7. The Labute approximate surface area is 114 Å². The quantitative estimate of drug-likeness (QED) is 0.724. The summed E-state index contributed by atoms with van der Waals surface area (Å²) in [7, 11) is -0.346. The van der Waals surface area contributed by atoms with Crippen LogP contribution in [0.2, 0.25) is 0 Å². The molecule has 0 bridgehead atoms. The third-order valence-electron chi connectivity index (χ3n) is 4.17. The second kappa shape index (κ2) is 4.23. The van der Waals surface area contributed by atoms with Gasteiger partial charge in [-0.2, -0.15) is 0 Å². The van der Waals surface area contributed by atoms with E-state index in [0.29, 0.717) is 13.4 Å². The molecule has 0 spiro atoms. The smallest absolute Gasteiger partial charge is 0.467 e. The third kappa shape index (κ3) is 2.16. The van der Waals surface area contributed by atoms with Gasteiger partial charge in [-0.25, -0.2) is 0 Å². The molecule has 19 heavy (non-hydrogen) atoms. The van der Waals surface area contributed by atoms with Gasteiger partial charge in [0.1, 0.15) is 5.75 Å². The zero-order valence-electron chi connectivity index (χ0n) is 11.9. The van der Waals surface area contributed by atoms with E-state index >= 15 is 0 Å².